The second-order valence-electron chi connectivity index (χ2n) is 7.27. The van der Waals surface area contributed by atoms with Crippen LogP contribution in [0, 0.1) is 17.3 Å². The van der Waals surface area contributed by atoms with Crippen LogP contribution in [0.3, 0.4) is 0 Å². The predicted molar refractivity (Wildman–Crippen MR) is 84.0 cm³/mol. The van der Waals surface area contributed by atoms with Gasteiger partial charge < -0.3 is 9.47 Å². The molecule has 0 amide bonds. The van der Waals surface area contributed by atoms with Gasteiger partial charge in [-0.2, -0.15) is 0 Å². The standard InChI is InChI=1S/C18H34O2/c1-19-14-18(15-20-2,17-11-7-4-8-12-17)13-16-9-5-3-6-10-16/h16-17H,3-15H2,1-2H3. The zero-order valence-corrected chi connectivity index (χ0v) is 13.7. The van der Waals surface area contributed by atoms with Crippen LogP contribution in [0.2, 0.25) is 0 Å². The Morgan fingerprint density at radius 1 is 0.750 bits per heavy atom. The average Bonchev–Trinajstić information content (AvgIpc) is 2.49. The largest absolute Gasteiger partial charge is 0.384 e. The van der Waals surface area contributed by atoms with E-state index in [1.807, 2.05) is 14.2 Å². The summed E-state index contributed by atoms with van der Waals surface area (Å²) in [6.45, 7) is 1.78. The van der Waals surface area contributed by atoms with Gasteiger partial charge in [0.15, 0.2) is 0 Å². The Hall–Kier alpha value is -0.0800. The fourth-order valence-electron chi connectivity index (χ4n) is 4.82. The van der Waals surface area contributed by atoms with Crippen LogP contribution < -0.4 is 0 Å². The van der Waals surface area contributed by atoms with Crippen LogP contribution in [0.1, 0.15) is 70.6 Å². The molecule has 0 aromatic carbocycles. The average molecular weight is 282 g/mol. The van der Waals surface area contributed by atoms with Gasteiger partial charge in [0.05, 0.1) is 13.2 Å². The lowest BCUT2D eigenvalue weighted by atomic mass is 9.64. The minimum absolute atomic E-state index is 0.284. The van der Waals surface area contributed by atoms with Gasteiger partial charge in [0.2, 0.25) is 0 Å². The normalized spacial score (nSPS) is 23.1. The topological polar surface area (TPSA) is 18.5 Å². The molecule has 20 heavy (non-hydrogen) atoms. The second kappa shape index (κ2) is 8.38. The zero-order chi connectivity index (χ0) is 14.3. The van der Waals surface area contributed by atoms with Crippen molar-refractivity contribution in [2.24, 2.45) is 17.3 Å². The van der Waals surface area contributed by atoms with E-state index < -0.39 is 0 Å². The van der Waals surface area contributed by atoms with Gasteiger partial charge in [0, 0.05) is 19.6 Å². The molecule has 118 valence electrons. The molecular formula is C18H34O2. The van der Waals surface area contributed by atoms with Gasteiger partial charge in [0.1, 0.15) is 0 Å². The Labute approximate surface area is 125 Å². The highest BCUT2D eigenvalue weighted by Crippen LogP contribution is 2.45. The van der Waals surface area contributed by atoms with Gasteiger partial charge in [-0.3, -0.25) is 0 Å². The molecule has 2 nitrogen and oxygen atoms in total. The molecule has 2 heteroatoms. The fraction of sp³-hybridized carbons (Fsp3) is 1.00. The molecule has 0 aromatic rings. The molecule has 0 saturated heterocycles. The van der Waals surface area contributed by atoms with E-state index in [2.05, 4.69) is 0 Å². The van der Waals surface area contributed by atoms with Gasteiger partial charge in [-0.25, -0.2) is 0 Å². The smallest absolute Gasteiger partial charge is 0.0543 e. The molecule has 0 radical (unpaired) electrons. The van der Waals surface area contributed by atoms with Crippen LogP contribution >= 0.6 is 0 Å². The molecule has 0 aliphatic heterocycles. The Bertz CT molecular complexity index is 246. The summed E-state index contributed by atoms with van der Waals surface area (Å²) in [5, 5.41) is 0. The fourth-order valence-corrected chi connectivity index (χ4v) is 4.82. The van der Waals surface area contributed by atoms with Gasteiger partial charge in [-0.1, -0.05) is 51.4 Å². The van der Waals surface area contributed by atoms with Crippen molar-refractivity contribution in [3.8, 4) is 0 Å². The maximum absolute atomic E-state index is 5.67. The van der Waals surface area contributed by atoms with Gasteiger partial charge in [-0.05, 0) is 31.1 Å². The van der Waals surface area contributed by atoms with Crippen LogP contribution in [-0.2, 0) is 9.47 Å². The first kappa shape index (κ1) is 16.3. The maximum atomic E-state index is 5.67. The highest BCUT2D eigenvalue weighted by atomic mass is 16.5. The quantitative estimate of drug-likeness (QED) is 0.666. The highest BCUT2D eigenvalue weighted by molar-refractivity contribution is 4.90. The van der Waals surface area contributed by atoms with Gasteiger partial charge in [-0.15, -0.1) is 0 Å². The molecule has 0 bridgehead atoms. The van der Waals surface area contributed by atoms with Crippen molar-refractivity contribution in [1.82, 2.24) is 0 Å². The lowest BCUT2D eigenvalue weighted by Gasteiger charge is -2.44. The minimum atomic E-state index is 0.284. The van der Waals surface area contributed by atoms with Crippen molar-refractivity contribution in [3.05, 3.63) is 0 Å². The van der Waals surface area contributed by atoms with Crippen LogP contribution in [0.5, 0.6) is 0 Å². The number of methoxy groups -OCH3 is 2. The van der Waals surface area contributed by atoms with Crippen molar-refractivity contribution in [2.45, 2.75) is 70.6 Å². The van der Waals surface area contributed by atoms with Crippen LogP contribution in [0.25, 0.3) is 0 Å². The number of hydrogen-bond donors (Lipinski definition) is 0. The zero-order valence-electron chi connectivity index (χ0n) is 13.7. The van der Waals surface area contributed by atoms with Crippen molar-refractivity contribution in [2.75, 3.05) is 27.4 Å². The minimum Gasteiger partial charge on any atom is -0.384 e. The first-order chi connectivity index (χ1) is 9.80. The Morgan fingerprint density at radius 3 is 1.75 bits per heavy atom. The molecule has 2 rings (SSSR count). The monoisotopic (exact) mass is 282 g/mol. The third-order valence-corrected chi connectivity index (χ3v) is 5.75. The molecule has 0 N–H and O–H groups in total. The molecule has 0 spiro atoms. The molecule has 0 heterocycles. The molecule has 0 unspecified atom stereocenters. The van der Waals surface area contributed by atoms with Gasteiger partial charge in [0.25, 0.3) is 0 Å². The molecule has 0 aromatic heterocycles. The van der Waals surface area contributed by atoms with Crippen molar-refractivity contribution in [1.29, 1.82) is 0 Å². The van der Waals surface area contributed by atoms with Crippen molar-refractivity contribution >= 4 is 0 Å². The van der Waals surface area contributed by atoms with Crippen LogP contribution in [0.15, 0.2) is 0 Å². The summed E-state index contributed by atoms with van der Waals surface area (Å²) in [5.74, 6) is 1.73. The summed E-state index contributed by atoms with van der Waals surface area (Å²) in [6.07, 6.45) is 15.5. The summed E-state index contributed by atoms with van der Waals surface area (Å²) in [7, 11) is 3.74. The Balaban J connectivity index is 2.06. The molecule has 2 aliphatic rings. The third-order valence-electron chi connectivity index (χ3n) is 5.75. The summed E-state index contributed by atoms with van der Waals surface area (Å²) < 4.78 is 11.3. The lowest BCUT2D eigenvalue weighted by Crippen LogP contribution is -2.42. The highest BCUT2D eigenvalue weighted by Gasteiger charge is 2.41. The summed E-state index contributed by atoms with van der Waals surface area (Å²) in [5.41, 5.74) is 0.284. The van der Waals surface area contributed by atoms with E-state index in [0.29, 0.717) is 0 Å². The van der Waals surface area contributed by atoms with E-state index in [9.17, 15) is 0 Å². The third kappa shape index (κ3) is 4.21. The van der Waals surface area contributed by atoms with Crippen molar-refractivity contribution in [3.63, 3.8) is 0 Å². The molecule has 0 atom stereocenters. The number of ether oxygens (including phenoxy) is 2. The molecular weight excluding hydrogens is 248 g/mol. The lowest BCUT2D eigenvalue weighted by molar-refractivity contribution is -0.0583. The van der Waals surface area contributed by atoms with E-state index in [-0.39, 0.29) is 5.41 Å². The summed E-state index contributed by atoms with van der Waals surface area (Å²) in [6, 6.07) is 0. The first-order valence-electron chi connectivity index (χ1n) is 8.78. The predicted octanol–water partition coefficient (Wildman–Crippen LogP) is 4.82. The van der Waals surface area contributed by atoms with E-state index in [4.69, 9.17) is 9.47 Å². The van der Waals surface area contributed by atoms with E-state index in [0.717, 1.165) is 25.0 Å². The summed E-state index contributed by atoms with van der Waals surface area (Å²) in [4.78, 5) is 0. The molecule has 2 fully saturated rings. The summed E-state index contributed by atoms with van der Waals surface area (Å²) >= 11 is 0. The van der Waals surface area contributed by atoms with Crippen LogP contribution in [-0.4, -0.2) is 27.4 Å². The number of rotatable bonds is 7. The number of hydrogen-bond acceptors (Lipinski definition) is 2. The SMILES string of the molecule is COCC(COC)(CC1CCCCC1)C1CCCCC1. The van der Waals surface area contributed by atoms with E-state index >= 15 is 0 Å². The Morgan fingerprint density at radius 2 is 1.25 bits per heavy atom. The first-order valence-corrected chi connectivity index (χ1v) is 8.78. The van der Waals surface area contributed by atoms with E-state index in [1.54, 1.807) is 0 Å². The van der Waals surface area contributed by atoms with Gasteiger partial charge >= 0.3 is 0 Å². The molecule has 2 aliphatic carbocycles. The molecule has 2 saturated carbocycles. The second-order valence-corrected chi connectivity index (χ2v) is 7.27. The maximum Gasteiger partial charge on any atom is 0.0543 e. The Kier molecular flexibility index (Phi) is 6.83. The van der Waals surface area contributed by atoms with E-state index in [1.165, 1.54) is 70.6 Å². The van der Waals surface area contributed by atoms with Crippen LogP contribution in [0.4, 0.5) is 0 Å². The van der Waals surface area contributed by atoms with Crippen molar-refractivity contribution < 1.29 is 9.47 Å².